The molecule has 0 amide bonds. The molecule has 0 spiro atoms. The van der Waals surface area contributed by atoms with E-state index < -0.39 is 17.9 Å². The van der Waals surface area contributed by atoms with E-state index in [9.17, 15) is 9.59 Å². The molecule has 1 rings (SSSR count). The molecule has 1 aromatic rings. The molecule has 0 bridgehead atoms. The molecule has 6 heteroatoms. The molecule has 0 fully saturated rings. The van der Waals surface area contributed by atoms with E-state index in [1.807, 2.05) is 0 Å². The number of hydrogen-bond donors (Lipinski definition) is 2. The lowest BCUT2D eigenvalue weighted by Gasteiger charge is -2.10. The summed E-state index contributed by atoms with van der Waals surface area (Å²) in [5.41, 5.74) is 0.568. The van der Waals surface area contributed by atoms with E-state index in [1.54, 1.807) is 19.1 Å². The van der Waals surface area contributed by atoms with Crippen molar-refractivity contribution in [3.63, 3.8) is 0 Å². The highest BCUT2D eigenvalue weighted by atomic mass is 35.5. The third-order valence-electron chi connectivity index (χ3n) is 2.40. The first-order chi connectivity index (χ1) is 8.41. The lowest BCUT2D eigenvalue weighted by molar-refractivity contribution is -0.139. The van der Waals surface area contributed by atoms with Crippen molar-refractivity contribution in [1.29, 1.82) is 0 Å². The Balaban J connectivity index is 2.73. The van der Waals surface area contributed by atoms with Gasteiger partial charge in [0, 0.05) is 0 Å². The molecule has 5 nitrogen and oxygen atoms in total. The normalized spacial score (nSPS) is 11.9. The minimum Gasteiger partial charge on any atom is -0.491 e. The van der Waals surface area contributed by atoms with Crippen LogP contribution in [-0.4, -0.2) is 28.8 Å². The first kappa shape index (κ1) is 14.3. The molecular weight excluding hydrogens is 260 g/mol. The van der Waals surface area contributed by atoms with Crippen LogP contribution in [0, 0.1) is 0 Å². The molecule has 1 unspecified atom stereocenters. The zero-order valence-electron chi connectivity index (χ0n) is 9.72. The van der Waals surface area contributed by atoms with Crippen LogP contribution in [0.15, 0.2) is 18.2 Å². The molecule has 1 aromatic carbocycles. The molecule has 0 aliphatic carbocycles. The molecule has 0 radical (unpaired) electrons. The number of rotatable bonds is 6. The molecule has 0 aromatic heterocycles. The van der Waals surface area contributed by atoms with E-state index >= 15 is 0 Å². The second kappa shape index (κ2) is 6.26. The molecule has 0 aliphatic heterocycles. The Morgan fingerprint density at radius 3 is 2.56 bits per heavy atom. The van der Waals surface area contributed by atoms with E-state index in [-0.39, 0.29) is 18.1 Å². The van der Waals surface area contributed by atoms with Gasteiger partial charge in [0.15, 0.2) is 0 Å². The summed E-state index contributed by atoms with van der Waals surface area (Å²) in [6, 6.07) is 4.65. The Morgan fingerprint density at radius 2 is 2.06 bits per heavy atom. The van der Waals surface area contributed by atoms with E-state index in [0.717, 1.165) is 0 Å². The third-order valence-corrected chi connectivity index (χ3v) is 2.70. The Hall–Kier alpha value is -1.75. The second-order valence-corrected chi connectivity index (χ2v) is 4.15. The molecule has 1 atom stereocenters. The van der Waals surface area contributed by atoms with Gasteiger partial charge in [0.1, 0.15) is 5.75 Å². The van der Waals surface area contributed by atoms with Gasteiger partial charge < -0.3 is 14.9 Å². The van der Waals surface area contributed by atoms with Crippen LogP contribution in [0.2, 0.25) is 5.02 Å². The number of carboxylic acids is 2. The summed E-state index contributed by atoms with van der Waals surface area (Å²) < 4.78 is 5.18. The van der Waals surface area contributed by atoms with Crippen molar-refractivity contribution in [3.05, 3.63) is 28.8 Å². The largest absolute Gasteiger partial charge is 0.491 e. The molecular formula is C12H13ClO5. The molecule has 98 valence electrons. The van der Waals surface area contributed by atoms with Crippen LogP contribution in [0.4, 0.5) is 0 Å². The van der Waals surface area contributed by atoms with E-state index in [2.05, 4.69) is 0 Å². The monoisotopic (exact) mass is 272 g/mol. The van der Waals surface area contributed by atoms with Crippen molar-refractivity contribution in [3.8, 4) is 5.75 Å². The number of carboxylic acid groups (broad SMARTS) is 2. The number of aliphatic carboxylic acids is 2. The van der Waals surface area contributed by atoms with Crippen molar-refractivity contribution in [1.82, 2.24) is 0 Å². The molecule has 0 saturated heterocycles. The summed E-state index contributed by atoms with van der Waals surface area (Å²) in [5.74, 6) is -2.21. The Labute approximate surface area is 109 Å². The number of carbonyl (C=O) groups is 2. The summed E-state index contributed by atoms with van der Waals surface area (Å²) in [4.78, 5) is 21.1. The summed E-state index contributed by atoms with van der Waals surface area (Å²) in [5, 5.41) is 17.6. The van der Waals surface area contributed by atoms with Gasteiger partial charge in [-0.2, -0.15) is 0 Å². The smallest absolute Gasteiger partial charge is 0.310 e. The lowest BCUT2D eigenvalue weighted by atomic mass is 10.0. The highest BCUT2D eigenvalue weighted by Gasteiger charge is 2.15. The molecule has 18 heavy (non-hydrogen) atoms. The first-order valence-electron chi connectivity index (χ1n) is 5.28. The minimum atomic E-state index is -0.956. The predicted octanol–water partition coefficient (Wildman–Crippen LogP) is 2.38. The van der Waals surface area contributed by atoms with E-state index in [4.69, 9.17) is 26.6 Å². The lowest BCUT2D eigenvalue weighted by Crippen LogP contribution is -2.08. The van der Waals surface area contributed by atoms with Crippen LogP contribution in [-0.2, 0) is 9.59 Å². The first-order valence-corrected chi connectivity index (χ1v) is 5.66. The maximum atomic E-state index is 10.8. The maximum absolute atomic E-state index is 10.8. The van der Waals surface area contributed by atoms with Gasteiger partial charge >= 0.3 is 11.9 Å². The number of benzene rings is 1. The second-order valence-electron chi connectivity index (χ2n) is 3.74. The van der Waals surface area contributed by atoms with Crippen LogP contribution < -0.4 is 4.74 Å². The fraction of sp³-hybridized carbons (Fsp3) is 0.333. The van der Waals surface area contributed by atoms with Gasteiger partial charge in [-0.15, -0.1) is 0 Å². The zero-order valence-corrected chi connectivity index (χ0v) is 10.5. The van der Waals surface area contributed by atoms with Crippen molar-refractivity contribution < 1.29 is 24.5 Å². The molecule has 0 heterocycles. The van der Waals surface area contributed by atoms with Gasteiger partial charge in [-0.05, 0) is 24.6 Å². The van der Waals surface area contributed by atoms with Gasteiger partial charge in [0.05, 0.1) is 24.0 Å². The highest BCUT2D eigenvalue weighted by Crippen LogP contribution is 2.28. The van der Waals surface area contributed by atoms with E-state index in [1.165, 1.54) is 6.07 Å². The molecule has 0 aliphatic rings. The van der Waals surface area contributed by atoms with Gasteiger partial charge in [0.2, 0.25) is 0 Å². The fourth-order valence-corrected chi connectivity index (χ4v) is 1.54. The zero-order chi connectivity index (χ0) is 13.7. The van der Waals surface area contributed by atoms with Crippen molar-refractivity contribution in [2.24, 2.45) is 0 Å². The summed E-state index contributed by atoms with van der Waals surface area (Å²) in [7, 11) is 0. The van der Waals surface area contributed by atoms with Gasteiger partial charge in [-0.25, -0.2) is 0 Å². The van der Waals surface area contributed by atoms with Crippen molar-refractivity contribution in [2.45, 2.75) is 19.3 Å². The average Bonchev–Trinajstić information content (AvgIpc) is 2.29. The Morgan fingerprint density at radius 1 is 1.39 bits per heavy atom. The molecule has 2 N–H and O–H groups in total. The van der Waals surface area contributed by atoms with Crippen LogP contribution in [0.5, 0.6) is 5.75 Å². The number of halogens is 1. The SMILES string of the molecule is CC(C(=O)O)c1ccc(OCCC(=O)O)c(Cl)c1. The van der Waals surface area contributed by atoms with Crippen molar-refractivity contribution >= 4 is 23.5 Å². The summed E-state index contributed by atoms with van der Waals surface area (Å²) in [6.45, 7) is 1.57. The van der Waals surface area contributed by atoms with Crippen LogP contribution in [0.3, 0.4) is 0 Å². The van der Waals surface area contributed by atoms with Crippen molar-refractivity contribution in [2.75, 3.05) is 6.61 Å². The summed E-state index contributed by atoms with van der Waals surface area (Å²) >= 11 is 5.93. The maximum Gasteiger partial charge on any atom is 0.310 e. The average molecular weight is 273 g/mol. The van der Waals surface area contributed by atoms with Crippen LogP contribution in [0.25, 0.3) is 0 Å². The van der Waals surface area contributed by atoms with Crippen LogP contribution >= 0.6 is 11.6 Å². The fourth-order valence-electron chi connectivity index (χ4n) is 1.29. The third kappa shape index (κ3) is 3.92. The van der Waals surface area contributed by atoms with E-state index in [0.29, 0.717) is 11.3 Å². The predicted molar refractivity (Wildman–Crippen MR) is 65.3 cm³/mol. The van der Waals surface area contributed by atoms with Gasteiger partial charge in [0.25, 0.3) is 0 Å². The quantitative estimate of drug-likeness (QED) is 0.831. The van der Waals surface area contributed by atoms with Gasteiger partial charge in [-0.1, -0.05) is 17.7 Å². The highest BCUT2D eigenvalue weighted by molar-refractivity contribution is 6.32. The minimum absolute atomic E-state index is 0.0168. The standard InChI is InChI=1S/C12H13ClO5/c1-7(12(16)17)8-2-3-10(9(13)6-8)18-5-4-11(14)15/h2-3,6-7H,4-5H2,1H3,(H,14,15)(H,16,17). The van der Waals surface area contributed by atoms with Gasteiger partial charge in [-0.3, -0.25) is 9.59 Å². The topological polar surface area (TPSA) is 83.8 Å². The Bertz CT molecular complexity index is 458. The number of ether oxygens (including phenoxy) is 1. The van der Waals surface area contributed by atoms with Crippen LogP contribution in [0.1, 0.15) is 24.8 Å². The Kier molecular flexibility index (Phi) is 4.97. The summed E-state index contributed by atoms with van der Waals surface area (Å²) in [6.07, 6.45) is -0.121. The number of hydrogen-bond acceptors (Lipinski definition) is 3. The molecule has 0 saturated carbocycles.